The highest BCUT2D eigenvalue weighted by atomic mass is 32.2. The maximum absolute atomic E-state index is 12.7. The zero-order valence-electron chi connectivity index (χ0n) is 8.56. The fourth-order valence-corrected chi connectivity index (χ4v) is 2.12. The number of aromatic nitrogens is 1. The lowest BCUT2D eigenvalue weighted by Crippen LogP contribution is -1.91. The lowest BCUT2D eigenvalue weighted by molar-refractivity contribution is 0.627. The first-order valence-corrected chi connectivity index (χ1v) is 5.82. The average Bonchev–Trinajstić information content (AvgIpc) is 2.30. The summed E-state index contributed by atoms with van der Waals surface area (Å²) in [6, 6.07) is 10.1. The van der Waals surface area contributed by atoms with Crippen molar-refractivity contribution in [3.05, 3.63) is 54.0 Å². The molecular formula is C12H11FN2S. The molecule has 0 radical (unpaired) electrons. The van der Waals surface area contributed by atoms with Crippen molar-refractivity contribution < 1.29 is 4.39 Å². The van der Waals surface area contributed by atoms with Gasteiger partial charge in [0.2, 0.25) is 0 Å². The van der Waals surface area contributed by atoms with Crippen LogP contribution in [0.1, 0.15) is 5.56 Å². The fourth-order valence-electron chi connectivity index (χ4n) is 1.26. The largest absolute Gasteiger partial charge is 0.397 e. The van der Waals surface area contributed by atoms with Gasteiger partial charge in [-0.2, -0.15) is 0 Å². The van der Waals surface area contributed by atoms with Crippen molar-refractivity contribution in [3.8, 4) is 0 Å². The third-order valence-corrected chi connectivity index (χ3v) is 3.18. The second-order valence-corrected chi connectivity index (χ2v) is 4.28. The molecule has 1 aromatic carbocycles. The Morgan fingerprint density at radius 1 is 1.19 bits per heavy atom. The number of nitrogens with two attached hydrogens (primary N) is 1. The second kappa shape index (κ2) is 4.99. The second-order valence-electron chi connectivity index (χ2n) is 3.31. The van der Waals surface area contributed by atoms with Crippen LogP contribution in [0, 0.1) is 5.82 Å². The van der Waals surface area contributed by atoms with Gasteiger partial charge in [-0.25, -0.2) is 9.37 Å². The molecule has 0 bridgehead atoms. The van der Waals surface area contributed by atoms with E-state index in [4.69, 9.17) is 5.73 Å². The SMILES string of the molecule is Nc1cccnc1SCc1ccc(F)cc1. The van der Waals surface area contributed by atoms with E-state index >= 15 is 0 Å². The number of rotatable bonds is 3. The molecule has 1 aromatic heterocycles. The standard InChI is InChI=1S/C12H11FN2S/c13-10-5-3-9(4-6-10)8-16-12-11(14)2-1-7-15-12/h1-7H,8,14H2. The zero-order valence-corrected chi connectivity index (χ0v) is 9.38. The Bertz CT molecular complexity index is 471. The predicted octanol–water partition coefficient (Wildman–Crippen LogP) is 3.10. The van der Waals surface area contributed by atoms with Crippen molar-refractivity contribution in [2.45, 2.75) is 10.8 Å². The van der Waals surface area contributed by atoms with Crippen LogP contribution in [-0.4, -0.2) is 4.98 Å². The van der Waals surface area contributed by atoms with E-state index < -0.39 is 0 Å². The van der Waals surface area contributed by atoms with Crippen molar-refractivity contribution in [1.82, 2.24) is 4.98 Å². The molecule has 2 N–H and O–H groups in total. The van der Waals surface area contributed by atoms with Crippen LogP contribution in [0.3, 0.4) is 0 Å². The van der Waals surface area contributed by atoms with Crippen molar-refractivity contribution in [2.24, 2.45) is 0 Å². The summed E-state index contributed by atoms with van der Waals surface area (Å²) in [6.45, 7) is 0. The van der Waals surface area contributed by atoms with Crippen LogP contribution in [0.5, 0.6) is 0 Å². The van der Waals surface area contributed by atoms with Gasteiger partial charge in [-0.1, -0.05) is 23.9 Å². The van der Waals surface area contributed by atoms with Gasteiger partial charge in [0.15, 0.2) is 0 Å². The molecule has 0 aliphatic heterocycles. The van der Waals surface area contributed by atoms with Gasteiger partial charge in [0.05, 0.1) is 5.69 Å². The number of hydrogen-bond donors (Lipinski definition) is 1. The fraction of sp³-hybridized carbons (Fsp3) is 0.0833. The molecule has 0 aliphatic rings. The molecule has 4 heteroatoms. The highest BCUT2D eigenvalue weighted by Gasteiger charge is 2.01. The van der Waals surface area contributed by atoms with E-state index in [2.05, 4.69) is 4.98 Å². The number of halogens is 1. The molecular weight excluding hydrogens is 223 g/mol. The van der Waals surface area contributed by atoms with E-state index in [-0.39, 0.29) is 5.82 Å². The summed E-state index contributed by atoms with van der Waals surface area (Å²) in [5, 5.41) is 0.812. The van der Waals surface area contributed by atoms with Gasteiger partial charge in [-0.3, -0.25) is 0 Å². The Morgan fingerprint density at radius 2 is 1.94 bits per heavy atom. The normalized spacial score (nSPS) is 10.3. The van der Waals surface area contributed by atoms with Crippen molar-refractivity contribution in [1.29, 1.82) is 0 Å². The first kappa shape index (κ1) is 11.0. The Balaban J connectivity index is 2.02. The number of thioether (sulfide) groups is 1. The van der Waals surface area contributed by atoms with Crippen LogP contribution in [0.15, 0.2) is 47.6 Å². The lowest BCUT2D eigenvalue weighted by atomic mass is 10.2. The highest BCUT2D eigenvalue weighted by molar-refractivity contribution is 7.98. The molecule has 82 valence electrons. The van der Waals surface area contributed by atoms with Gasteiger partial charge >= 0.3 is 0 Å². The number of hydrogen-bond acceptors (Lipinski definition) is 3. The van der Waals surface area contributed by atoms with E-state index in [9.17, 15) is 4.39 Å². The maximum Gasteiger partial charge on any atom is 0.123 e. The number of benzene rings is 1. The lowest BCUT2D eigenvalue weighted by Gasteiger charge is -2.03. The molecule has 16 heavy (non-hydrogen) atoms. The molecule has 0 atom stereocenters. The molecule has 0 spiro atoms. The van der Waals surface area contributed by atoms with Gasteiger partial charge in [-0.15, -0.1) is 0 Å². The molecule has 0 saturated carbocycles. The first-order valence-electron chi connectivity index (χ1n) is 4.83. The highest BCUT2D eigenvalue weighted by Crippen LogP contribution is 2.25. The molecule has 0 aliphatic carbocycles. The van der Waals surface area contributed by atoms with Gasteiger partial charge in [-0.05, 0) is 29.8 Å². The minimum atomic E-state index is -0.217. The summed E-state index contributed by atoms with van der Waals surface area (Å²) in [5.41, 5.74) is 7.49. The molecule has 0 fully saturated rings. The monoisotopic (exact) mass is 234 g/mol. The topological polar surface area (TPSA) is 38.9 Å². The van der Waals surface area contributed by atoms with E-state index in [1.807, 2.05) is 6.07 Å². The summed E-state index contributed by atoms with van der Waals surface area (Å²) in [6.07, 6.45) is 1.71. The third kappa shape index (κ3) is 2.73. The van der Waals surface area contributed by atoms with Crippen LogP contribution in [-0.2, 0) is 5.75 Å². The molecule has 2 aromatic rings. The van der Waals surface area contributed by atoms with Crippen LogP contribution in [0.2, 0.25) is 0 Å². The van der Waals surface area contributed by atoms with E-state index in [0.29, 0.717) is 5.69 Å². The predicted molar refractivity (Wildman–Crippen MR) is 64.6 cm³/mol. The smallest absolute Gasteiger partial charge is 0.123 e. The summed E-state index contributed by atoms with van der Waals surface area (Å²) < 4.78 is 12.7. The van der Waals surface area contributed by atoms with E-state index in [1.54, 1.807) is 36.2 Å². The Labute approximate surface area is 97.7 Å². The van der Waals surface area contributed by atoms with Crippen molar-refractivity contribution in [2.75, 3.05) is 5.73 Å². The summed E-state index contributed by atoms with van der Waals surface area (Å²) in [4.78, 5) is 4.17. The zero-order chi connectivity index (χ0) is 11.4. The van der Waals surface area contributed by atoms with Crippen LogP contribution in [0.4, 0.5) is 10.1 Å². The Kier molecular flexibility index (Phi) is 3.41. The summed E-state index contributed by atoms with van der Waals surface area (Å²) in [5.74, 6) is 0.521. The molecule has 1 heterocycles. The number of pyridine rings is 1. The quantitative estimate of drug-likeness (QED) is 0.829. The minimum Gasteiger partial charge on any atom is -0.397 e. The Hall–Kier alpha value is -1.55. The van der Waals surface area contributed by atoms with Gasteiger partial charge in [0.1, 0.15) is 10.8 Å². The molecule has 0 saturated heterocycles. The first-order chi connectivity index (χ1) is 7.75. The minimum absolute atomic E-state index is 0.217. The molecule has 0 amide bonds. The summed E-state index contributed by atoms with van der Waals surface area (Å²) in [7, 11) is 0. The maximum atomic E-state index is 12.7. The van der Waals surface area contributed by atoms with E-state index in [0.717, 1.165) is 16.3 Å². The third-order valence-electron chi connectivity index (χ3n) is 2.09. The number of anilines is 1. The van der Waals surface area contributed by atoms with Crippen LogP contribution in [0.25, 0.3) is 0 Å². The van der Waals surface area contributed by atoms with E-state index in [1.165, 1.54) is 12.1 Å². The van der Waals surface area contributed by atoms with Gasteiger partial charge < -0.3 is 5.73 Å². The van der Waals surface area contributed by atoms with Crippen molar-refractivity contribution in [3.63, 3.8) is 0 Å². The number of nitrogen functional groups attached to an aromatic ring is 1. The van der Waals surface area contributed by atoms with Crippen molar-refractivity contribution >= 4 is 17.4 Å². The van der Waals surface area contributed by atoms with Gasteiger partial charge in [0, 0.05) is 11.9 Å². The molecule has 2 rings (SSSR count). The number of nitrogens with zero attached hydrogens (tertiary/aromatic N) is 1. The van der Waals surface area contributed by atoms with Crippen LogP contribution < -0.4 is 5.73 Å². The Morgan fingerprint density at radius 3 is 2.62 bits per heavy atom. The van der Waals surface area contributed by atoms with Crippen LogP contribution >= 0.6 is 11.8 Å². The molecule has 2 nitrogen and oxygen atoms in total. The van der Waals surface area contributed by atoms with Gasteiger partial charge in [0.25, 0.3) is 0 Å². The average molecular weight is 234 g/mol. The summed E-state index contributed by atoms with van der Waals surface area (Å²) >= 11 is 1.55. The molecule has 0 unspecified atom stereocenters.